The number of terminal acetylenes is 1. The molecule has 0 aliphatic carbocycles. The summed E-state index contributed by atoms with van der Waals surface area (Å²) in [5.41, 5.74) is 7.95. The Hall–Kier alpha value is -1.95. The SMILES string of the molecule is C#Cc1cccc(NC(=O)CN=C(N)NC(C)c2ccc(Cl)cc2Cl)c1.I. The third kappa shape index (κ3) is 7.29. The fourth-order valence-corrected chi connectivity index (χ4v) is 2.81. The summed E-state index contributed by atoms with van der Waals surface area (Å²) in [6.07, 6.45) is 5.33. The largest absolute Gasteiger partial charge is 0.370 e. The molecule has 0 saturated carbocycles. The highest BCUT2D eigenvalue weighted by atomic mass is 127. The van der Waals surface area contributed by atoms with Crippen LogP contribution >= 0.6 is 47.2 Å². The number of carbonyl (C=O) groups excluding carboxylic acids is 1. The molecule has 0 saturated heterocycles. The van der Waals surface area contributed by atoms with Crippen molar-refractivity contribution in [2.45, 2.75) is 13.0 Å². The van der Waals surface area contributed by atoms with E-state index in [9.17, 15) is 4.79 Å². The molecule has 0 bridgehead atoms. The first kappa shape index (κ1) is 23.1. The topological polar surface area (TPSA) is 79.5 Å². The van der Waals surface area contributed by atoms with Gasteiger partial charge < -0.3 is 16.4 Å². The van der Waals surface area contributed by atoms with E-state index in [1.807, 2.05) is 6.92 Å². The number of nitrogens with one attached hydrogen (secondary N) is 2. The predicted molar refractivity (Wildman–Crippen MR) is 123 cm³/mol. The Kier molecular flexibility index (Phi) is 9.43. The average molecular weight is 517 g/mol. The normalized spacial score (nSPS) is 11.7. The molecule has 1 amide bonds. The van der Waals surface area contributed by atoms with Gasteiger partial charge in [0.25, 0.3) is 0 Å². The highest BCUT2D eigenvalue weighted by Crippen LogP contribution is 2.25. The monoisotopic (exact) mass is 516 g/mol. The van der Waals surface area contributed by atoms with E-state index >= 15 is 0 Å². The van der Waals surface area contributed by atoms with Gasteiger partial charge in [0, 0.05) is 21.3 Å². The maximum atomic E-state index is 12.0. The van der Waals surface area contributed by atoms with Gasteiger partial charge in [0.2, 0.25) is 5.91 Å². The fourth-order valence-electron chi connectivity index (χ4n) is 2.24. The van der Waals surface area contributed by atoms with Crippen molar-refractivity contribution < 1.29 is 4.79 Å². The van der Waals surface area contributed by atoms with Gasteiger partial charge in [-0.05, 0) is 42.8 Å². The first-order valence-corrected chi connectivity index (χ1v) is 8.52. The van der Waals surface area contributed by atoms with Crippen molar-refractivity contribution in [1.29, 1.82) is 0 Å². The molecule has 0 radical (unpaired) electrons. The van der Waals surface area contributed by atoms with Gasteiger partial charge in [0.1, 0.15) is 6.54 Å². The molecule has 2 aromatic carbocycles. The summed E-state index contributed by atoms with van der Waals surface area (Å²) < 4.78 is 0. The van der Waals surface area contributed by atoms with Crippen molar-refractivity contribution in [2.24, 2.45) is 10.7 Å². The number of aliphatic imine (C=N–C) groups is 1. The van der Waals surface area contributed by atoms with Crippen LogP contribution in [0.1, 0.15) is 24.1 Å². The Morgan fingerprint density at radius 2 is 2.04 bits per heavy atom. The van der Waals surface area contributed by atoms with Crippen molar-refractivity contribution in [3.63, 3.8) is 0 Å². The number of benzene rings is 2. The van der Waals surface area contributed by atoms with Crippen LogP contribution in [0.3, 0.4) is 0 Å². The van der Waals surface area contributed by atoms with Crippen molar-refractivity contribution in [1.82, 2.24) is 5.32 Å². The number of guanidine groups is 1. The standard InChI is InChI=1S/C19H18Cl2N4O.HI/c1-3-13-5-4-6-15(9-13)25-18(26)11-23-19(22)24-12(2)16-8-7-14(20)10-17(16)21;/h1,4-10,12H,11H2,2H3,(H,25,26)(H3,22,23,24);1H. The molecule has 4 N–H and O–H groups in total. The second kappa shape index (κ2) is 11.0. The molecule has 1 unspecified atom stereocenters. The molecular formula is C19H19Cl2IN4O. The van der Waals surface area contributed by atoms with Crippen molar-refractivity contribution in [3.8, 4) is 12.3 Å². The molecule has 142 valence electrons. The molecule has 27 heavy (non-hydrogen) atoms. The molecule has 8 heteroatoms. The van der Waals surface area contributed by atoms with E-state index in [0.717, 1.165) is 5.56 Å². The van der Waals surface area contributed by atoms with Gasteiger partial charge in [-0.15, -0.1) is 30.4 Å². The summed E-state index contributed by atoms with van der Waals surface area (Å²) in [5.74, 6) is 2.34. The fraction of sp³-hybridized carbons (Fsp3) is 0.158. The van der Waals surface area contributed by atoms with Gasteiger partial charge in [-0.1, -0.05) is 41.3 Å². The van der Waals surface area contributed by atoms with Crippen LogP contribution in [0.2, 0.25) is 10.0 Å². The molecule has 0 heterocycles. The molecule has 0 aliphatic rings. The smallest absolute Gasteiger partial charge is 0.246 e. The summed E-state index contributed by atoms with van der Waals surface area (Å²) >= 11 is 12.1. The molecular weight excluding hydrogens is 498 g/mol. The Labute approximate surface area is 185 Å². The number of rotatable bonds is 5. The number of nitrogens with two attached hydrogens (primary N) is 1. The van der Waals surface area contributed by atoms with E-state index in [0.29, 0.717) is 21.3 Å². The van der Waals surface area contributed by atoms with Crippen molar-refractivity contribution >= 4 is 64.7 Å². The van der Waals surface area contributed by atoms with Gasteiger partial charge in [-0.3, -0.25) is 4.79 Å². The van der Waals surface area contributed by atoms with Crippen LogP contribution in [0, 0.1) is 12.3 Å². The quantitative estimate of drug-likeness (QED) is 0.241. The second-order valence-electron chi connectivity index (χ2n) is 5.51. The number of amides is 1. The molecule has 0 aliphatic heterocycles. The lowest BCUT2D eigenvalue weighted by molar-refractivity contribution is -0.114. The molecule has 0 spiro atoms. The highest BCUT2D eigenvalue weighted by Gasteiger charge is 2.11. The summed E-state index contributed by atoms with van der Waals surface area (Å²) in [7, 11) is 0. The minimum Gasteiger partial charge on any atom is -0.370 e. The van der Waals surface area contributed by atoms with Crippen LogP contribution in [0.25, 0.3) is 0 Å². The maximum Gasteiger partial charge on any atom is 0.246 e. The Balaban J connectivity index is 0.00000364. The van der Waals surface area contributed by atoms with Crippen LogP contribution in [-0.4, -0.2) is 18.4 Å². The predicted octanol–water partition coefficient (Wildman–Crippen LogP) is 4.20. The molecule has 0 fully saturated rings. The molecule has 5 nitrogen and oxygen atoms in total. The Morgan fingerprint density at radius 1 is 1.30 bits per heavy atom. The number of anilines is 1. The van der Waals surface area contributed by atoms with Gasteiger partial charge in [-0.25, -0.2) is 4.99 Å². The zero-order chi connectivity index (χ0) is 19.1. The van der Waals surface area contributed by atoms with Gasteiger partial charge in [0.15, 0.2) is 5.96 Å². The van der Waals surface area contributed by atoms with Gasteiger partial charge in [-0.2, -0.15) is 0 Å². The van der Waals surface area contributed by atoms with Crippen molar-refractivity contribution in [3.05, 3.63) is 63.6 Å². The zero-order valence-electron chi connectivity index (χ0n) is 14.5. The lowest BCUT2D eigenvalue weighted by Gasteiger charge is -2.16. The number of hydrogen-bond donors (Lipinski definition) is 3. The minimum atomic E-state index is -0.305. The lowest BCUT2D eigenvalue weighted by Crippen LogP contribution is -2.34. The Bertz CT molecular complexity index is 880. The van der Waals surface area contributed by atoms with E-state index in [2.05, 4.69) is 21.5 Å². The third-order valence-corrected chi connectivity index (χ3v) is 4.06. The molecule has 2 rings (SSSR count). The molecule has 1 atom stereocenters. The van der Waals surface area contributed by atoms with Gasteiger partial charge in [0.05, 0.1) is 6.04 Å². The van der Waals surface area contributed by atoms with Crippen LogP contribution in [-0.2, 0) is 4.79 Å². The molecule has 0 aromatic heterocycles. The number of nitrogens with zero attached hydrogens (tertiary/aromatic N) is 1. The van der Waals surface area contributed by atoms with Crippen LogP contribution < -0.4 is 16.4 Å². The van der Waals surface area contributed by atoms with E-state index < -0.39 is 0 Å². The number of halogens is 3. The summed E-state index contributed by atoms with van der Waals surface area (Å²) in [4.78, 5) is 16.0. The number of hydrogen-bond acceptors (Lipinski definition) is 2. The number of carbonyl (C=O) groups is 1. The van der Waals surface area contributed by atoms with E-state index in [1.54, 1.807) is 42.5 Å². The second-order valence-corrected chi connectivity index (χ2v) is 6.35. The van der Waals surface area contributed by atoms with E-state index in [4.69, 9.17) is 35.4 Å². The summed E-state index contributed by atoms with van der Waals surface area (Å²) in [6, 6.07) is 12.0. The zero-order valence-corrected chi connectivity index (χ0v) is 18.3. The first-order valence-electron chi connectivity index (χ1n) is 7.77. The average Bonchev–Trinajstić information content (AvgIpc) is 2.60. The summed E-state index contributed by atoms with van der Waals surface area (Å²) in [6.45, 7) is 1.75. The van der Waals surface area contributed by atoms with E-state index in [-0.39, 0.29) is 48.4 Å². The first-order chi connectivity index (χ1) is 12.4. The van der Waals surface area contributed by atoms with Crippen LogP contribution in [0.4, 0.5) is 5.69 Å². The molecule has 2 aromatic rings. The van der Waals surface area contributed by atoms with E-state index in [1.165, 1.54) is 0 Å². The van der Waals surface area contributed by atoms with Crippen molar-refractivity contribution in [2.75, 3.05) is 11.9 Å². The lowest BCUT2D eigenvalue weighted by atomic mass is 10.1. The third-order valence-electron chi connectivity index (χ3n) is 3.50. The maximum absolute atomic E-state index is 12.0. The summed E-state index contributed by atoms with van der Waals surface area (Å²) in [5, 5.41) is 6.78. The van der Waals surface area contributed by atoms with Crippen LogP contribution in [0.5, 0.6) is 0 Å². The highest BCUT2D eigenvalue weighted by molar-refractivity contribution is 14.0. The van der Waals surface area contributed by atoms with Gasteiger partial charge >= 0.3 is 0 Å². The minimum absolute atomic E-state index is 0. The Morgan fingerprint density at radius 3 is 2.70 bits per heavy atom. The van der Waals surface area contributed by atoms with Crippen LogP contribution in [0.15, 0.2) is 47.5 Å².